The molecule has 0 bridgehead atoms. The summed E-state index contributed by atoms with van der Waals surface area (Å²) in [7, 11) is 0. The maximum Gasteiger partial charge on any atom is 0.256 e. The van der Waals surface area contributed by atoms with E-state index < -0.39 is 0 Å². The Bertz CT molecular complexity index is 642. The van der Waals surface area contributed by atoms with E-state index in [-0.39, 0.29) is 5.91 Å². The van der Waals surface area contributed by atoms with Gasteiger partial charge in [-0.2, -0.15) is 0 Å². The number of pyridine rings is 1. The largest absolute Gasteiger partial charge is 0.339 e. The van der Waals surface area contributed by atoms with Crippen molar-refractivity contribution in [2.45, 2.75) is 27.2 Å². The Balaban J connectivity index is 2.41. The van der Waals surface area contributed by atoms with Crippen molar-refractivity contribution in [1.29, 1.82) is 0 Å². The average molecular weight is 305 g/mol. The predicted octanol–water partition coefficient (Wildman–Crippen LogP) is 4.40. The summed E-state index contributed by atoms with van der Waals surface area (Å²) >= 11 is 6.12. The third-order valence-electron chi connectivity index (χ3n) is 3.87. The van der Waals surface area contributed by atoms with Gasteiger partial charge in [0.15, 0.2) is 0 Å². The van der Waals surface area contributed by atoms with E-state index in [1.807, 2.05) is 36.1 Å². The molecule has 1 heterocycles. The smallest absolute Gasteiger partial charge is 0.256 e. The van der Waals surface area contributed by atoms with Crippen molar-refractivity contribution in [2.24, 2.45) is 5.92 Å². The van der Waals surface area contributed by atoms with Crippen molar-refractivity contribution in [3.8, 4) is 0 Å². The van der Waals surface area contributed by atoms with Gasteiger partial charge in [0.05, 0.1) is 5.56 Å². The Morgan fingerprint density at radius 3 is 2.57 bits per heavy atom. The minimum Gasteiger partial charge on any atom is -0.339 e. The summed E-state index contributed by atoms with van der Waals surface area (Å²) in [6.45, 7) is 7.77. The number of benzene rings is 1. The fraction of sp³-hybridized carbons (Fsp3) is 0.412. The zero-order valence-electron chi connectivity index (χ0n) is 12.8. The first-order valence-corrected chi connectivity index (χ1v) is 7.78. The van der Waals surface area contributed by atoms with Crippen LogP contribution in [0.4, 0.5) is 0 Å². The molecule has 1 unspecified atom stereocenters. The van der Waals surface area contributed by atoms with Gasteiger partial charge in [0, 0.05) is 24.7 Å². The minimum atomic E-state index is 0.0261. The van der Waals surface area contributed by atoms with Crippen molar-refractivity contribution >= 4 is 28.3 Å². The van der Waals surface area contributed by atoms with Crippen LogP contribution >= 0.6 is 11.6 Å². The highest BCUT2D eigenvalue weighted by Crippen LogP contribution is 2.25. The second-order valence-electron chi connectivity index (χ2n) is 5.37. The highest BCUT2D eigenvalue weighted by atomic mass is 35.5. The number of amides is 1. The lowest BCUT2D eigenvalue weighted by Crippen LogP contribution is -2.34. The van der Waals surface area contributed by atoms with E-state index in [0.717, 1.165) is 23.7 Å². The molecule has 1 aromatic heterocycles. The molecule has 21 heavy (non-hydrogen) atoms. The Morgan fingerprint density at radius 1 is 1.29 bits per heavy atom. The van der Waals surface area contributed by atoms with Crippen LogP contribution in [0.5, 0.6) is 0 Å². The molecule has 3 nitrogen and oxygen atoms in total. The van der Waals surface area contributed by atoms with Crippen molar-refractivity contribution in [3.63, 3.8) is 0 Å². The SMILES string of the molecule is CCC(C)CN(CC)C(=O)c1cnc(Cl)c2ccccc12. The first-order valence-electron chi connectivity index (χ1n) is 7.41. The van der Waals surface area contributed by atoms with Gasteiger partial charge in [0.25, 0.3) is 5.91 Å². The van der Waals surface area contributed by atoms with E-state index >= 15 is 0 Å². The molecule has 0 aliphatic rings. The first kappa shape index (κ1) is 15.8. The molecule has 0 saturated heterocycles. The molecule has 112 valence electrons. The lowest BCUT2D eigenvalue weighted by molar-refractivity contribution is 0.0742. The maximum absolute atomic E-state index is 12.8. The second-order valence-corrected chi connectivity index (χ2v) is 5.72. The number of halogens is 1. The minimum absolute atomic E-state index is 0.0261. The summed E-state index contributed by atoms with van der Waals surface area (Å²) in [5.41, 5.74) is 0.625. The van der Waals surface area contributed by atoms with Gasteiger partial charge >= 0.3 is 0 Å². The molecule has 2 aromatic rings. The van der Waals surface area contributed by atoms with Gasteiger partial charge in [-0.3, -0.25) is 4.79 Å². The maximum atomic E-state index is 12.8. The van der Waals surface area contributed by atoms with Gasteiger partial charge < -0.3 is 4.90 Å². The van der Waals surface area contributed by atoms with Crippen LogP contribution in [0, 0.1) is 5.92 Å². The van der Waals surface area contributed by atoms with Gasteiger partial charge in [-0.1, -0.05) is 56.1 Å². The topological polar surface area (TPSA) is 33.2 Å². The third kappa shape index (κ3) is 3.35. The number of nitrogens with zero attached hydrogens (tertiary/aromatic N) is 2. The number of hydrogen-bond acceptors (Lipinski definition) is 2. The molecule has 2 rings (SSSR count). The summed E-state index contributed by atoms with van der Waals surface area (Å²) in [6.07, 6.45) is 2.65. The highest BCUT2D eigenvalue weighted by Gasteiger charge is 2.19. The molecular weight excluding hydrogens is 284 g/mol. The van der Waals surface area contributed by atoms with Gasteiger partial charge in [0.2, 0.25) is 0 Å². The van der Waals surface area contributed by atoms with E-state index in [4.69, 9.17) is 11.6 Å². The van der Waals surface area contributed by atoms with Gasteiger partial charge in [-0.25, -0.2) is 4.98 Å². The van der Waals surface area contributed by atoms with Crippen LogP contribution in [0.2, 0.25) is 5.15 Å². The zero-order valence-corrected chi connectivity index (χ0v) is 13.5. The normalized spacial score (nSPS) is 12.4. The van der Waals surface area contributed by atoms with E-state index in [9.17, 15) is 4.79 Å². The molecule has 0 N–H and O–H groups in total. The highest BCUT2D eigenvalue weighted by molar-refractivity contribution is 6.34. The Labute approximate surface area is 130 Å². The molecule has 1 atom stereocenters. The Hall–Kier alpha value is -1.61. The molecule has 4 heteroatoms. The van der Waals surface area contributed by atoms with Crippen molar-refractivity contribution in [2.75, 3.05) is 13.1 Å². The number of aromatic nitrogens is 1. The number of fused-ring (bicyclic) bond motifs is 1. The summed E-state index contributed by atoms with van der Waals surface area (Å²) in [5, 5.41) is 2.13. The van der Waals surface area contributed by atoms with Crippen LogP contribution in [0.1, 0.15) is 37.6 Å². The zero-order chi connectivity index (χ0) is 15.4. The number of carbonyl (C=O) groups is 1. The number of hydrogen-bond donors (Lipinski definition) is 0. The summed E-state index contributed by atoms with van der Waals surface area (Å²) in [4.78, 5) is 18.8. The predicted molar refractivity (Wildman–Crippen MR) is 87.8 cm³/mol. The van der Waals surface area contributed by atoms with E-state index in [0.29, 0.717) is 23.2 Å². The van der Waals surface area contributed by atoms with Gasteiger partial charge in [-0.15, -0.1) is 0 Å². The lowest BCUT2D eigenvalue weighted by atomic mass is 10.1. The molecular formula is C17H21ClN2O. The van der Waals surface area contributed by atoms with Crippen molar-refractivity contribution in [3.05, 3.63) is 41.2 Å². The average Bonchev–Trinajstić information content (AvgIpc) is 2.52. The molecule has 1 amide bonds. The van der Waals surface area contributed by atoms with Gasteiger partial charge in [-0.05, 0) is 18.2 Å². The monoisotopic (exact) mass is 304 g/mol. The summed E-state index contributed by atoms with van der Waals surface area (Å²) < 4.78 is 0. The van der Waals surface area contributed by atoms with Crippen molar-refractivity contribution in [1.82, 2.24) is 9.88 Å². The molecule has 1 aromatic carbocycles. The van der Waals surface area contributed by atoms with Crippen LogP contribution < -0.4 is 0 Å². The molecule has 0 fully saturated rings. The number of carbonyl (C=O) groups excluding carboxylic acids is 1. The molecule has 0 radical (unpaired) electrons. The fourth-order valence-electron chi connectivity index (χ4n) is 2.36. The quantitative estimate of drug-likeness (QED) is 0.767. The fourth-order valence-corrected chi connectivity index (χ4v) is 2.57. The standard InChI is InChI=1S/C17H21ClN2O/c1-4-12(3)11-20(5-2)17(21)15-10-19-16(18)14-9-7-6-8-13(14)15/h6-10,12H,4-5,11H2,1-3H3. The van der Waals surface area contributed by atoms with E-state index in [1.165, 1.54) is 0 Å². The van der Waals surface area contributed by atoms with Crippen LogP contribution in [-0.2, 0) is 0 Å². The molecule has 0 spiro atoms. The van der Waals surface area contributed by atoms with Crippen LogP contribution in [0.25, 0.3) is 10.8 Å². The first-order chi connectivity index (χ1) is 10.1. The lowest BCUT2D eigenvalue weighted by Gasteiger charge is -2.24. The summed E-state index contributed by atoms with van der Waals surface area (Å²) in [5.74, 6) is 0.513. The molecule has 0 saturated carbocycles. The van der Waals surface area contributed by atoms with E-state index in [1.54, 1.807) is 6.20 Å². The van der Waals surface area contributed by atoms with Crippen molar-refractivity contribution < 1.29 is 4.79 Å². The van der Waals surface area contributed by atoms with E-state index in [2.05, 4.69) is 18.8 Å². The molecule has 0 aliphatic heterocycles. The van der Waals surface area contributed by atoms with Crippen LogP contribution in [0.15, 0.2) is 30.5 Å². The van der Waals surface area contributed by atoms with Gasteiger partial charge in [0.1, 0.15) is 5.15 Å². The van der Waals surface area contributed by atoms with Crippen LogP contribution in [-0.4, -0.2) is 28.9 Å². The second kappa shape index (κ2) is 6.90. The third-order valence-corrected chi connectivity index (χ3v) is 4.18. The Kier molecular flexibility index (Phi) is 5.18. The van der Waals surface area contributed by atoms with Crippen LogP contribution in [0.3, 0.4) is 0 Å². The molecule has 0 aliphatic carbocycles. The number of rotatable bonds is 5. The summed E-state index contributed by atoms with van der Waals surface area (Å²) in [6, 6.07) is 7.64. The Morgan fingerprint density at radius 2 is 1.95 bits per heavy atom.